The largest absolute Gasteiger partial charge is 0.465 e. The molecule has 0 spiro atoms. The molecule has 2 N–H and O–H groups in total. The Morgan fingerprint density at radius 2 is 2.05 bits per heavy atom. The molecule has 1 amide bonds. The van der Waals surface area contributed by atoms with Gasteiger partial charge in [0.25, 0.3) is 0 Å². The van der Waals surface area contributed by atoms with Gasteiger partial charge in [-0.1, -0.05) is 30.3 Å². The summed E-state index contributed by atoms with van der Waals surface area (Å²) in [4.78, 5) is 26.0. The third-order valence-electron chi connectivity index (χ3n) is 3.89. The number of β-amino-alcohol motifs (C(OH)–C–C–N with tert-alkyl or cyclic N) is 1. The van der Waals surface area contributed by atoms with Crippen molar-refractivity contribution in [2.75, 3.05) is 19.8 Å². The number of aliphatic hydroxyl groups excluding tert-OH is 2. The van der Waals surface area contributed by atoms with Gasteiger partial charge in [-0.05, 0) is 12.5 Å². The maximum Gasteiger partial charge on any atom is 0.319 e. The lowest BCUT2D eigenvalue weighted by atomic mass is 9.79. The van der Waals surface area contributed by atoms with Crippen LogP contribution in [0.1, 0.15) is 24.8 Å². The predicted molar refractivity (Wildman–Crippen MR) is 78.7 cm³/mol. The van der Waals surface area contributed by atoms with Crippen molar-refractivity contribution in [2.24, 2.45) is 5.92 Å². The third kappa shape index (κ3) is 3.28. The number of likely N-dealkylation sites (tertiary alicyclic amines) is 1. The summed E-state index contributed by atoms with van der Waals surface area (Å²) in [5, 5.41) is 19.2. The van der Waals surface area contributed by atoms with E-state index in [0.29, 0.717) is 0 Å². The molecule has 1 aliphatic rings. The van der Waals surface area contributed by atoms with E-state index in [9.17, 15) is 14.7 Å². The van der Waals surface area contributed by atoms with Crippen LogP contribution in [0, 0.1) is 5.92 Å². The lowest BCUT2D eigenvalue weighted by molar-refractivity contribution is -0.168. The molecule has 6 heteroatoms. The molecule has 0 aromatic heterocycles. The summed E-state index contributed by atoms with van der Waals surface area (Å²) in [6.07, 6.45) is -0.783. The summed E-state index contributed by atoms with van der Waals surface area (Å²) in [5.41, 5.74) is 0.816. The molecule has 22 heavy (non-hydrogen) atoms. The van der Waals surface area contributed by atoms with Crippen molar-refractivity contribution in [2.45, 2.75) is 25.5 Å². The van der Waals surface area contributed by atoms with Gasteiger partial charge in [0.15, 0.2) is 0 Å². The molecule has 2 rings (SSSR count). The lowest BCUT2D eigenvalue weighted by Gasteiger charge is -2.40. The van der Waals surface area contributed by atoms with Gasteiger partial charge in [-0.15, -0.1) is 0 Å². The fourth-order valence-corrected chi connectivity index (χ4v) is 2.88. The van der Waals surface area contributed by atoms with E-state index in [1.807, 2.05) is 30.3 Å². The van der Waals surface area contributed by atoms with Gasteiger partial charge in [0.05, 0.1) is 13.2 Å². The SMILES string of the molecule is CCOC(=O)[C@@H]1C(=O)N(CCO)C(O)C[C@H]1c1ccccc1. The van der Waals surface area contributed by atoms with Gasteiger partial charge in [-0.3, -0.25) is 9.59 Å². The van der Waals surface area contributed by atoms with E-state index < -0.39 is 29.9 Å². The van der Waals surface area contributed by atoms with Crippen molar-refractivity contribution in [1.82, 2.24) is 4.90 Å². The van der Waals surface area contributed by atoms with Gasteiger partial charge < -0.3 is 19.8 Å². The minimum Gasteiger partial charge on any atom is -0.465 e. The van der Waals surface area contributed by atoms with E-state index in [4.69, 9.17) is 9.84 Å². The number of hydrogen-bond donors (Lipinski definition) is 2. The Hall–Kier alpha value is -1.92. The summed E-state index contributed by atoms with van der Waals surface area (Å²) < 4.78 is 5.03. The highest BCUT2D eigenvalue weighted by molar-refractivity contribution is 5.99. The molecule has 0 bridgehead atoms. The van der Waals surface area contributed by atoms with Crippen LogP contribution < -0.4 is 0 Å². The summed E-state index contributed by atoms with van der Waals surface area (Å²) in [7, 11) is 0. The molecule has 0 saturated carbocycles. The molecular weight excluding hydrogens is 286 g/mol. The topological polar surface area (TPSA) is 87.1 Å². The first-order valence-corrected chi connectivity index (χ1v) is 7.41. The molecule has 1 saturated heterocycles. The Kier molecular flexibility index (Phi) is 5.51. The first kappa shape index (κ1) is 16.5. The quantitative estimate of drug-likeness (QED) is 0.611. The first-order valence-electron chi connectivity index (χ1n) is 7.41. The Morgan fingerprint density at radius 1 is 1.36 bits per heavy atom. The van der Waals surface area contributed by atoms with Crippen LogP contribution in [0.5, 0.6) is 0 Å². The second-order valence-corrected chi connectivity index (χ2v) is 5.22. The summed E-state index contributed by atoms with van der Waals surface area (Å²) in [6.45, 7) is 1.60. The Labute approximate surface area is 129 Å². The number of benzene rings is 1. The average molecular weight is 307 g/mol. The number of amides is 1. The van der Waals surface area contributed by atoms with Crippen molar-refractivity contribution >= 4 is 11.9 Å². The monoisotopic (exact) mass is 307 g/mol. The van der Waals surface area contributed by atoms with Crippen LogP contribution in [0.2, 0.25) is 0 Å². The van der Waals surface area contributed by atoms with E-state index in [1.165, 1.54) is 0 Å². The Balaban J connectivity index is 2.34. The number of hydrogen-bond acceptors (Lipinski definition) is 5. The molecular formula is C16H21NO5. The number of ether oxygens (including phenoxy) is 1. The highest BCUT2D eigenvalue weighted by Crippen LogP contribution is 2.36. The Morgan fingerprint density at radius 3 is 2.64 bits per heavy atom. The Bertz CT molecular complexity index is 519. The highest BCUT2D eigenvalue weighted by Gasteiger charge is 2.46. The number of esters is 1. The molecule has 1 unspecified atom stereocenters. The standard InChI is InChI=1S/C16H21NO5/c1-2-22-16(21)14-12(11-6-4-3-5-7-11)10-13(19)17(8-9-18)15(14)20/h3-7,12-14,18-19H,2,8-10H2,1H3/t12-,13?,14-/m0/s1. The minimum absolute atomic E-state index is 0.00256. The number of rotatable bonds is 5. The molecule has 1 fully saturated rings. The number of piperidine rings is 1. The molecule has 0 aliphatic carbocycles. The fraction of sp³-hybridized carbons (Fsp3) is 0.500. The van der Waals surface area contributed by atoms with E-state index in [-0.39, 0.29) is 26.2 Å². The normalized spacial score (nSPS) is 25.1. The van der Waals surface area contributed by atoms with E-state index in [0.717, 1.165) is 10.5 Å². The van der Waals surface area contributed by atoms with Gasteiger partial charge in [0.2, 0.25) is 5.91 Å². The van der Waals surface area contributed by atoms with Crippen molar-refractivity contribution in [1.29, 1.82) is 0 Å². The summed E-state index contributed by atoms with van der Waals surface area (Å²) in [5.74, 6) is -2.51. The lowest BCUT2D eigenvalue weighted by Crippen LogP contribution is -2.54. The smallest absolute Gasteiger partial charge is 0.319 e. The van der Waals surface area contributed by atoms with Crippen molar-refractivity contribution in [3.63, 3.8) is 0 Å². The zero-order chi connectivity index (χ0) is 16.1. The van der Waals surface area contributed by atoms with Crippen LogP contribution in [0.15, 0.2) is 30.3 Å². The van der Waals surface area contributed by atoms with Gasteiger partial charge in [-0.2, -0.15) is 0 Å². The average Bonchev–Trinajstić information content (AvgIpc) is 2.52. The van der Waals surface area contributed by atoms with Gasteiger partial charge in [0, 0.05) is 18.9 Å². The number of nitrogens with zero attached hydrogens (tertiary/aromatic N) is 1. The van der Waals surface area contributed by atoms with Gasteiger partial charge >= 0.3 is 5.97 Å². The second kappa shape index (κ2) is 7.38. The third-order valence-corrected chi connectivity index (χ3v) is 3.89. The number of carbonyl (C=O) groups is 2. The van der Waals surface area contributed by atoms with Crippen molar-refractivity contribution < 1.29 is 24.5 Å². The molecule has 1 heterocycles. The molecule has 6 nitrogen and oxygen atoms in total. The summed E-state index contributed by atoms with van der Waals surface area (Å²) >= 11 is 0. The second-order valence-electron chi connectivity index (χ2n) is 5.22. The predicted octanol–water partition coefficient (Wildman–Crippen LogP) is 0.492. The van der Waals surface area contributed by atoms with E-state index >= 15 is 0 Å². The van der Waals surface area contributed by atoms with Crippen LogP contribution in [-0.2, 0) is 14.3 Å². The highest BCUT2D eigenvalue weighted by atomic mass is 16.5. The van der Waals surface area contributed by atoms with Crippen LogP contribution in [0.4, 0.5) is 0 Å². The minimum atomic E-state index is -1.02. The molecule has 1 aromatic rings. The number of aliphatic hydroxyl groups is 2. The van der Waals surface area contributed by atoms with E-state index in [1.54, 1.807) is 6.92 Å². The van der Waals surface area contributed by atoms with Crippen LogP contribution in [0.25, 0.3) is 0 Å². The van der Waals surface area contributed by atoms with Gasteiger partial charge in [0.1, 0.15) is 12.1 Å². The zero-order valence-corrected chi connectivity index (χ0v) is 12.5. The van der Waals surface area contributed by atoms with Crippen LogP contribution in [0.3, 0.4) is 0 Å². The maximum atomic E-state index is 12.6. The van der Waals surface area contributed by atoms with Crippen LogP contribution >= 0.6 is 0 Å². The first-order chi connectivity index (χ1) is 10.6. The summed E-state index contributed by atoms with van der Waals surface area (Å²) in [6, 6.07) is 9.17. The maximum absolute atomic E-state index is 12.6. The van der Waals surface area contributed by atoms with Crippen molar-refractivity contribution in [3.05, 3.63) is 35.9 Å². The molecule has 3 atom stereocenters. The van der Waals surface area contributed by atoms with Crippen LogP contribution in [-0.4, -0.2) is 53.0 Å². The number of carbonyl (C=O) groups excluding carboxylic acids is 2. The fourth-order valence-electron chi connectivity index (χ4n) is 2.88. The molecule has 1 aromatic carbocycles. The molecule has 120 valence electrons. The van der Waals surface area contributed by atoms with Gasteiger partial charge in [-0.25, -0.2) is 0 Å². The molecule has 0 radical (unpaired) electrons. The van der Waals surface area contributed by atoms with E-state index in [2.05, 4.69) is 0 Å². The van der Waals surface area contributed by atoms with Crippen molar-refractivity contribution in [3.8, 4) is 0 Å². The zero-order valence-electron chi connectivity index (χ0n) is 12.5. The molecule has 1 aliphatic heterocycles.